The number of carbonyl (C=O) groups excluding carboxylic acids is 1. The van der Waals surface area contributed by atoms with E-state index in [0.29, 0.717) is 13.2 Å². The first-order chi connectivity index (χ1) is 6.70. The highest BCUT2D eigenvalue weighted by Gasteiger charge is 1.97. The number of nitrogens with zero attached hydrogens (tertiary/aromatic N) is 2. The average molecular weight is 198 g/mol. The van der Waals surface area contributed by atoms with E-state index in [-0.39, 0.29) is 6.61 Å². The molecule has 1 aromatic rings. The van der Waals surface area contributed by atoms with E-state index < -0.39 is 5.91 Å². The third-order valence-corrected chi connectivity index (χ3v) is 1.60. The van der Waals surface area contributed by atoms with E-state index in [2.05, 4.69) is 10.3 Å². The van der Waals surface area contributed by atoms with Gasteiger partial charge >= 0.3 is 0 Å². The smallest absolute Gasteiger partial charge is 0.243 e. The zero-order valence-corrected chi connectivity index (χ0v) is 8.06. The van der Waals surface area contributed by atoms with Gasteiger partial charge in [0.1, 0.15) is 6.61 Å². The molecule has 6 heteroatoms. The molecule has 3 N–H and O–H groups in total. The van der Waals surface area contributed by atoms with Crippen molar-refractivity contribution in [1.29, 1.82) is 0 Å². The van der Waals surface area contributed by atoms with Crippen LogP contribution in [0.1, 0.15) is 0 Å². The molecule has 0 bridgehead atoms. The number of hydrogen-bond donors (Lipinski definition) is 2. The lowest BCUT2D eigenvalue weighted by Crippen LogP contribution is -2.21. The average Bonchev–Trinajstić information content (AvgIpc) is 2.51. The van der Waals surface area contributed by atoms with Crippen LogP contribution in [0.15, 0.2) is 12.4 Å². The number of aromatic nitrogens is 2. The van der Waals surface area contributed by atoms with Gasteiger partial charge in [0.2, 0.25) is 11.9 Å². The van der Waals surface area contributed by atoms with Crippen molar-refractivity contribution in [1.82, 2.24) is 9.55 Å². The van der Waals surface area contributed by atoms with E-state index in [4.69, 9.17) is 10.5 Å². The second-order valence-corrected chi connectivity index (χ2v) is 2.81. The molecule has 78 valence electrons. The molecule has 0 fully saturated rings. The molecule has 1 amide bonds. The van der Waals surface area contributed by atoms with Gasteiger partial charge in [0, 0.05) is 26.0 Å². The third-order valence-electron chi connectivity index (χ3n) is 1.60. The first-order valence-corrected chi connectivity index (χ1v) is 4.27. The molecule has 0 atom stereocenters. The number of imidazole rings is 1. The Bertz CT molecular complexity index is 297. The number of amides is 1. The zero-order chi connectivity index (χ0) is 10.4. The summed E-state index contributed by atoms with van der Waals surface area (Å²) in [5, 5.41) is 3.04. The topological polar surface area (TPSA) is 82.2 Å². The predicted molar refractivity (Wildman–Crippen MR) is 51.7 cm³/mol. The predicted octanol–water partition coefficient (Wildman–Crippen LogP) is -0.666. The summed E-state index contributed by atoms with van der Waals surface area (Å²) in [4.78, 5) is 14.4. The second kappa shape index (κ2) is 5.23. The van der Waals surface area contributed by atoms with Crippen molar-refractivity contribution in [3.05, 3.63) is 12.4 Å². The maximum atomic E-state index is 10.3. The second-order valence-electron chi connectivity index (χ2n) is 2.81. The summed E-state index contributed by atoms with van der Waals surface area (Å²) in [5.41, 5.74) is 4.89. The van der Waals surface area contributed by atoms with Crippen LogP contribution in [0.3, 0.4) is 0 Å². The molecule has 0 spiro atoms. The van der Waals surface area contributed by atoms with Gasteiger partial charge in [-0.3, -0.25) is 4.79 Å². The first-order valence-electron chi connectivity index (χ1n) is 4.27. The highest BCUT2D eigenvalue weighted by atomic mass is 16.5. The number of anilines is 1. The molecule has 0 unspecified atom stereocenters. The highest BCUT2D eigenvalue weighted by Crippen LogP contribution is 1.98. The summed E-state index contributed by atoms with van der Waals surface area (Å²) in [7, 11) is 1.89. The number of primary amides is 1. The van der Waals surface area contributed by atoms with E-state index in [1.54, 1.807) is 6.20 Å². The van der Waals surface area contributed by atoms with Crippen molar-refractivity contribution in [2.75, 3.05) is 25.1 Å². The summed E-state index contributed by atoms with van der Waals surface area (Å²) < 4.78 is 6.81. The van der Waals surface area contributed by atoms with Gasteiger partial charge in [0.05, 0.1) is 6.61 Å². The molecule has 0 aromatic carbocycles. The van der Waals surface area contributed by atoms with Gasteiger partial charge < -0.3 is 20.4 Å². The summed E-state index contributed by atoms with van der Waals surface area (Å²) in [5.74, 6) is 0.315. The van der Waals surface area contributed by atoms with Gasteiger partial charge in [-0.15, -0.1) is 0 Å². The van der Waals surface area contributed by atoms with E-state index in [9.17, 15) is 4.79 Å². The van der Waals surface area contributed by atoms with Crippen LogP contribution in [-0.2, 0) is 16.6 Å². The van der Waals surface area contributed by atoms with Gasteiger partial charge in [0.25, 0.3) is 0 Å². The van der Waals surface area contributed by atoms with Crippen LogP contribution in [0.2, 0.25) is 0 Å². The van der Waals surface area contributed by atoms with Crippen molar-refractivity contribution >= 4 is 11.9 Å². The standard InChI is InChI=1S/C8H14N4O2/c1-12-4-2-10-8(12)11-3-5-14-6-7(9)13/h2,4H,3,5-6H2,1H3,(H2,9,13)(H,10,11). The van der Waals surface area contributed by atoms with E-state index in [1.807, 2.05) is 17.8 Å². The molecule has 1 aromatic heterocycles. The van der Waals surface area contributed by atoms with Gasteiger partial charge in [-0.2, -0.15) is 0 Å². The van der Waals surface area contributed by atoms with Gasteiger partial charge in [-0.1, -0.05) is 0 Å². The Labute approximate surface area is 82.1 Å². The normalized spacial score (nSPS) is 10.1. The van der Waals surface area contributed by atoms with Crippen molar-refractivity contribution < 1.29 is 9.53 Å². The van der Waals surface area contributed by atoms with Crippen LogP contribution >= 0.6 is 0 Å². The number of hydrogen-bond acceptors (Lipinski definition) is 4. The summed E-state index contributed by atoms with van der Waals surface area (Å²) >= 11 is 0. The fourth-order valence-electron chi connectivity index (χ4n) is 0.944. The molecule has 0 saturated heterocycles. The van der Waals surface area contributed by atoms with E-state index >= 15 is 0 Å². The first kappa shape index (κ1) is 10.5. The highest BCUT2D eigenvalue weighted by molar-refractivity contribution is 5.74. The molecular formula is C8H14N4O2. The number of nitrogens with one attached hydrogen (secondary N) is 1. The number of ether oxygens (including phenoxy) is 1. The maximum absolute atomic E-state index is 10.3. The van der Waals surface area contributed by atoms with Gasteiger partial charge in [-0.25, -0.2) is 4.98 Å². The van der Waals surface area contributed by atoms with Gasteiger partial charge in [0.15, 0.2) is 0 Å². The Morgan fingerprint density at radius 3 is 3.14 bits per heavy atom. The molecule has 0 saturated carbocycles. The summed E-state index contributed by atoms with van der Waals surface area (Å²) in [6, 6.07) is 0. The molecule has 1 heterocycles. The minimum Gasteiger partial charge on any atom is -0.370 e. The minimum absolute atomic E-state index is 0.0394. The van der Waals surface area contributed by atoms with Crippen LogP contribution in [0.5, 0.6) is 0 Å². The number of carbonyl (C=O) groups is 1. The van der Waals surface area contributed by atoms with Crippen molar-refractivity contribution in [3.63, 3.8) is 0 Å². The Morgan fingerprint density at radius 2 is 2.57 bits per heavy atom. The molecule has 0 aliphatic rings. The third kappa shape index (κ3) is 3.44. The van der Waals surface area contributed by atoms with Crippen LogP contribution in [0.25, 0.3) is 0 Å². The SMILES string of the molecule is Cn1ccnc1NCCOCC(N)=O. The molecular weight excluding hydrogens is 184 g/mol. The Morgan fingerprint density at radius 1 is 1.79 bits per heavy atom. The Kier molecular flexibility index (Phi) is 3.93. The van der Waals surface area contributed by atoms with Crippen LogP contribution in [0.4, 0.5) is 5.95 Å². The fourth-order valence-corrected chi connectivity index (χ4v) is 0.944. The quantitative estimate of drug-likeness (QED) is 0.594. The summed E-state index contributed by atoms with van der Waals surface area (Å²) in [6.45, 7) is 0.982. The van der Waals surface area contributed by atoms with Crippen LogP contribution in [0, 0.1) is 0 Å². The van der Waals surface area contributed by atoms with Crippen molar-refractivity contribution in [2.24, 2.45) is 12.8 Å². The largest absolute Gasteiger partial charge is 0.370 e. The molecule has 0 aliphatic carbocycles. The fraction of sp³-hybridized carbons (Fsp3) is 0.500. The Balaban J connectivity index is 2.10. The maximum Gasteiger partial charge on any atom is 0.243 e. The Hall–Kier alpha value is -1.56. The minimum atomic E-state index is -0.456. The van der Waals surface area contributed by atoms with Crippen LogP contribution < -0.4 is 11.1 Å². The number of aryl methyl sites for hydroxylation is 1. The number of rotatable bonds is 6. The van der Waals surface area contributed by atoms with E-state index in [0.717, 1.165) is 5.95 Å². The number of nitrogens with two attached hydrogens (primary N) is 1. The molecule has 14 heavy (non-hydrogen) atoms. The molecule has 0 radical (unpaired) electrons. The molecule has 0 aliphatic heterocycles. The lowest BCUT2D eigenvalue weighted by molar-refractivity contribution is -0.122. The lowest BCUT2D eigenvalue weighted by atomic mass is 10.6. The summed E-state index contributed by atoms with van der Waals surface area (Å²) in [6.07, 6.45) is 3.54. The lowest BCUT2D eigenvalue weighted by Gasteiger charge is -2.05. The molecule has 6 nitrogen and oxygen atoms in total. The monoisotopic (exact) mass is 198 g/mol. The van der Waals surface area contributed by atoms with Crippen LogP contribution in [-0.4, -0.2) is 35.2 Å². The zero-order valence-electron chi connectivity index (χ0n) is 8.06. The van der Waals surface area contributed by atoms with E-state index in [1.165, 1.54) is 0 Å². The van der Waals surface area contributed by atoms with Crippen molar-refractivity contribution in [3.8, 4) is 0 Å². The van der Waals surface area contributed by atoms with Crippen molar-refractivity contribution in [2.45, 2.75) is 0 Å². The molecule has 1 rings (SSSR count). The van der Waals surface area contributed by atoms with Gasteiger partial charge in [-0.05, 0) is 0 Å².